The number of carbonyl (C=O) groups excluding carboxylic acids is 1. The Labute approximate surface area is 132 Å². The first-order chi connectivity index (χ1) is 9.75. The molecule has 0 spiro atoms. The molecule has 0 N–H and O–H groups in total. The average molecular weight is 365 g/mol. The Morgan fingerprint density at radius 1 is 1.25 bits per heavy atom. The maximum absolute atomic E-state index is 12.2. The molecule has 20 heavy (non-hydrogen) atoms. The van der Waals surface area contributed by atoms with E-state index in [1.54, 1.807) is 0 Å². The number of Topliss-reactive ketones (excluding diaryl/α,β-unsaturated/α-hetero) is 1. The minimum absolute atomic E-state index is 0.111. The van der Waals surface area contributed by atoms with Crippen LogP contribution in [0.4, 0.5) is 0 Å². The summed E-state index contributed by atoms with van der Waals surface area (Å²) in [4.78, 5) is 21.4. The van der Waals surface area contributed by atoms with Crippen molar-refractivity contribution in [3.8, 4) is 0 Å². The summed E-state index contributed by atoms with van der Waals surface area (Å²) in [5, 5.41) is 3.73. The number of rotatable bonds is 4. The van der Waals surface area contributed by atoms with Gasteiger partial charge in [0, 0.05) is 9.86 Å². The Kier molecular flexibility index (Phi) is 4.14. The second kappa shape index (κ2) is 6.03. The summed E-state index contributed by atoms with van der Waals surface area (Å²) >= 11 is 6.29. The van der Waals surface area contributed by atoms with Crippen LogP contribution in [0.2, 0.25) is 0 Å². The number of thiophene rings is 1. The fourth-order valence-corrected chi connectivity index (χ4v) is 4.27. The van der Waals surface area contributed by atoms with E-state index >= 15 is 0 Å². The number of para-hydroxylation sites is 1. The van der Waals surface area contributed by atoms with Crippen molar-refractivity contribution in [2.45, 2.75) is 5.03 Å². The van der Waals surface area contributed by atoms with Gasteiger partial charge >= 0.3 is 0 Å². The third-order valence-electron chi connectivity index (χ3n) is 2.72. The van der Waals surface area contributed by atoms with Crippen LogP contribution in [-0.4, -0.2) is 21.5 Å². The molecule has 0 saturated heterocycles. The lowest BCUT2D eigenvalue weighted by molar-refractivity contribution is 0.102. The number of halogens is 1. The number of nitrogens with zero attached hydrogens (tertiary/aromatic N) is 2. The van der Waals surface area contributed by atoms with Crippen LogP contribution in [0.5, 0.6) is 0 Å². The van der Waals surface area contributed by atoms with E-state index in [1.165, 1.54) is 29.4 Å². The molecule has 0 atom stereocenters. The number of hydrogen-bond donors (Lipinski definition) is 0. The van der Waals surface area contributed by atoms with Gasteiger partial charge in [0.2, 0.25) is 0 Å². The van der Waals surface area contributed by atoms with Crippen molar-refractivity contribution in [3.63, 3.8) is 0 Å². The predicted molar refractivity (Wildman–Crippen MR) is 86.6 cm³/mol. The molecule has 0 fully saturated rings. The van der Waals surface area contributed by atoms with Gasteiger partial charge in [-0.2, -0.15) is 0 Å². The monoisotopic (exact) mass is 364 g/mol. The fourth-order valence-electron chi connectivity index (χ4n) is 1.79. The third-order valence-corrected chi connectivity index (χ3v) is 5.60. The minimum Gasteiger partial charge on any atom is -0.292 e. The molecule has 6 heteroatoms. The number of aromatic nitrogens is 2. The van der Waals surface area contributed by atoms with Gasteiger partial charge in [-0.3, -0.25) is 4.79 Å². The van der Waals surface area contributed by atoms with Gasteiger partial charge in [-0.15, -0.1) is 11.3 Å². The van der Waals surface area contributed by atoms with E-state index < -0.39 is 0 Å². The number of ketones is 1. The van der Waals surface area contributed by atoms with Crippen molar-refractivity contribution in [1.82, 2.24) is 9.97 Å². The van der Waals surface area contributed by atoms with Crippen LogP contribution >= 0.6 is 39.0 Å². The summed E-state index contributed by atoms with van der Waals surface area (Å²) in [7, 11) is 0. The topological polar surface area (TPSA) is 42.9 Å². The van der Waals surface area contributed by atoms with E-state index in [1.807, 2.05) is 35.7 Å². The molecule has 0 amide bonds. The van der Waals surface area contributed by atoms with Crippen LogP contribution in [0, 0.1) is 0 Å². The van der Waals surface area contributed by atoms with Gasteiger partial charge in [-0.1, -0.05) is 30.0 Å². The maximum Gasteiger partial charge on any atom is 0.184 e. The number of benzene rings is 1. The first kappa shape index (κ1) is 13.7. The Hall–Kier alpha value is -1.24. The van der Waals surface area contributed by atoms with Crippen molar-refractivity contribution in [2.75, 3.05) is 5.75 Å². The van der Waals surface area contributed by atoms with Gasteiger partial charge < -0.3 is 0 Å². The maximum atomic E-state index is 12.2. The lowest BCUT2D eigenvalue weighted by atomic mass is 10.2. The van der Waals surface area contributed by atoms with E-state index in [0.29, 0.717) is 5.75 Å². The van der Waals surface area contributed by atoms with Gasteiger partial charge in [-0.25, -0.2) is 9.97 Å². The third kappa shape index (κ3) is 2.77. The SMILES string of the molecule is O=C(CSc1ncnc2ccccc12)c1sccc1Br. The molecule has 0 aliphatic rings. The molecule has 2 aromatic heterocycles. The standard InChI is InChI=1S/C14H9BrN2OS2/c15-10-5-6-19-13(10)12(18)7-20-14-9-3-1-2-4-11(9)16-8-17-14/h1-6,8H,7H2. The number of thioether (sulfide) groups is 1. The molecule has 3 aromatic rings. The van der Waals surface area contributed by atoms with Crippen LogP contribution in [0.15, 0.2) is 51.5 Å². The Morgan fingerprint density at radius 2 is 2.10 bits per heavy atom. The van der Waals surface area contributed by atoms with Crippen molar-refractivity contribution in [2.24, 2.45) is 0 Å². The largest absolute Gasteiger partial charge is 0.292 e. The molecule has 0 aliphatic heterocycles. The summed E-state index contributed by atoms with van der Waals surface area (Å²) in [6.45, 7) is 0. The van der Waals surface area contributed by atoms with E-state index in [0.717, 1.165) is 25.3 Å². The number of carbonyl (C=O) groups is 1. The Bertz CT molecular complexity index is 767. The summed E-state index contributed by atoms with van der Waals surface area (Å²) in [5.74, 6) is 0.486. The zero-order chi connectivity index (χ0) is 13.9. The number of hydrogen-bond acceptors (Lipinski definition) is 5. The van der Waals surface area contributed by atoms with Crippen LogP contribution in [-0.2, 0) is 0 Å². The van der Waals surface area contributed by atoms with Crippen molar-refractivity contribution in [1.29, 1.82) is 0 Å². The highest BCUT2D eigenvalue weighted by Gasteiger charge is 2.13. The van der Waals surface area contributed by atoms with Gasteiger partial charge in [0.05, 0.1) is 16.1 Å². The first-order valence-corrected chi connectivity index (χ1v) is 8.50. The molecule has 0 unspecified atom stereocenters. The van der Waals surface area contributed by atoms with Gasteiger partial charge in [0.15, 0.2) is 5.78 Å². The molecule has 0 radical (unpaired) electrons. The molecule has 2 heterocycles. The first-order valence-electron chi connectivity index (χ1n) is 5.84. The van der Waals surface area contributed by atoms with Gasteiger partial charge in [-0.05, 0) is 33.4 Å². The molecule has 3 nitrogen and oxygen atoms in total. The van der Waals surface area contributed by atoms with E-state index in [-0.39, 0.29) is 5.78 Å². The number of fused-ring (bicyclic) bond motifs is 1. The summed E-state index contributed by atoms with van der Waals surface area (Å²) in [6.07, 6.45) is 1.54. The summed E-state index contributed by atoms with van der Waals surface area (Å²) in [6, 6.07) is 9.70. The average Bonchev–Trinajstić information content (AvgIpc) is 2.91. The predicted octanol–water partition coefficient (Wildman–Crippen LogP) is 4.43. The lowest BCUT2D eigenvalue weighted by Gasteiger charge is -2.03. The van der Waals surface area contributed by atoms with Crippen LogP contribution < -0.4 is 0 Å². The van der Waals surface area contributed by atoms with E-state index in [2.05, 4.69) is 25.9 Å². The Morgan fingerprint density at radius 3 is 2.90 bits per heavy atom. The molecule has 0 saturated carbocycles. The Balaban J connectivity index is 1.81. The van der Waals surface area contributed by atoms with Crippen LogP contribution in [0.3, 0.4) is 0 Å². The molecule has 1 aromatic carbocycles. The lowest BCUT2D eigenvalue weighted by Crippen LogP contribution is -2.01. The normalized spacial score (nSPS) is 10.8. The van der Waals surface area contributed by atoms with Crippen molar-refractivity contribution >= 4 is 55.7 Å². The van der Waals surface area contributed by atoms with Gasteiger partial charge in [0.1, 0.15) is 11.4 Å². The van der Waals surface area contributed by atoms with Crippen LogP contribution in [0.1, 0.15) is 9.67 Å². The molecular weight excluding hydrogens is 356 g/mol. The zero-order valence-corrected chi connectivity index (χ0v) is 13.5. The summed E-state index contributed by atoms with van der Waals surface area (Å²) in [5.41, 5.74) is 0.898. The van der Waals surface area contributed by atoms with Crippen molar-refractivity contribution < 1.29 is 4.79 Å². The smallest absolute Gasteiger partial charge is 0.184 e. The molecular formula is C14H9BrN2OS2. The molecule has 0 aliphatic carbocycles. The molecule has 3 rings (SSSR count). The minimum atomic E-state index is 0.111. The highest BCUT2D eigenvalue weighted by Crippen LogP contribution is 2.28. The zero-order valence-electron chi connectivity index (χ0n) is 10.2. The van der Waals surface area contributed by atoms with Gasteiger partial charge in [0.25, 0.3) is 0 Å². The second-order valence-electron chi connectivity index (χ2n) is 4.01. The van der Waals surface area contributed by atoms with Crippen LogP contribution in [0.25, 0.3) is 10.9 Å². The highest BCUT2D eigenvalue weighted by molar-refractivity contribution is 9.10. The highest BCUT2D eigenvalue weighted by atomic mass is 79.9. The fraction of sp³-hybridized carbons (Fsp3) is 0.0714. The van der Waals surface area contributed by atoms with Crippen molar-refractivity contribution in [3.05, 3.63) is 51.4 Å². The van der Waals surface area contributed by atoms with E-state index in [4.69, 9.17) is 0 Å². The molecule has 0 bridgehead atoms. The summed E-state index contributed by atoms with van der Waals surface area (Å²) < 4.78 is 0.862. The quantitative estimate of drug-likeness (QED) is 0.390. The van der Waals surface area contributed by atoms with E-state index in [9.17, 15) is 4.79 Å². The molecule has 100 valence electrons. The second-order valence-corrected chi connectivity index (χ2v) is 6.74.